The summed E-state index contributed by atoms with van der Waals surface area (Å²) in [5.41, 5.74) is 0.950. The minimum Gasteiger partial charge on any atom is -0.383 e. The zero-order valence-corrected chi connectivity index (χ0v) is 11.0. The van der Waals surface area contributed by atoms with Crippen LogP contribution in [0.3, 0.4) is 0 Å². The van der Waals surface area contributed by atoms with E-state index in [9.17, 15) is 4.79 Å². The predicted octanol–water partition coefficient (Wildman–Crippen LogP) is 1.70. The minimum absolute atomic E-state index is 0.0850. The minimum atomic E-state index is -0.205. The molecule has 0 fully saturated rings. The standard InChI is InChI=1S/C12H13BrN2O2/c1-17-8-11(6-13)15-12(16)10-4-2-3-9(5-10)7-14/h2-5,11H,6,8H2,1H3,(H,15,16). The first-order valence-electron chi connectivity index (χ1n) is 5.07. The fraction of sp³-hybridized carbons (Fsp3) is 0.333. The second-order valence-electron chi connectivity index (χ2n) is 3.47. The lowest BCUT2D eigenvalue weighted by Gasteiger charge is -2.15. The third-order valence-electron chi connectivity index (χ3n) is 2.14. The molecular weight excluding hydrogens is 284 g/mol. The van der Waals surface area contributed by atoms with Gasteiger partial charge in [-0.05, 0) is 18.2 Å². The number of ether oxygens (including phenoxy) is 1. The molecule has 0 aliphatic heterocycles. The van der Waals surface area contributed by atoms with Crippen molar-refractivity contribution in [1.82, 2.24) is 5.32 Å². The summed E-state index contributed by atoms with van der Waals surface area (Å²) in [5.74, 6) is -0.205. The zero-order chi connectivity index (χ0) is 12.7. The Bertz CT molecular complexity index is 429. The van der Waals surface area contributed by atoms with Crippen molar-refractivity contribution in [2.24, 2.45) is 0 Å². The number of benzene rings is 1. The maximum atomic E-state index is 11.9. The van der Waals surface area contributed by atoms with Gasteiger partial charge in [0.25, 0.3) is 5.91 Å². The summed E-state index contributed by atoms with van der Waals surface area (Å²) >= 11 is 3.30. The van der Waals surface area contributed by atoms with Crippen LogP contribution in [0.1, 0.15) is 15.9 Å². The Kier molecular flexibility index (Phi) is 5.67. The first-order valence-corrected chi connectivity index (χ1v) is 6.19. The third kappa shape index (κ3) is 4.17. The van der Waals surface area contributed by atoms with Crippen LogP contribution < -0.4 is 5.32 Å². The summed E-state index contributed by atoms with van der Waals surface area (Å²) in [6, 6.07) is 8.50. The highest BCUT2D eigenvalue weighted by Gasteiger charge is 2.12. The van der Waals surface area contributed by atoms with Crippen LogP contribution in [0.2, 0.25) is 0 Å². The van der Waals surface area contributed by atoms with Gasteiger partial charge in [-0.2, -0.15) is 5.26 Å². The van der Waals surface area contributed by atoms with Crippen LogP contribution in [0.25, 0.3) is 0 Å². The summed E-state index contributed by atoms with van der Waals surface area (Å²) in [6.07, 6.45) is 0. The van der Waals surface area contributed by atoms with Gasteiger partial charge in [-0.25, -0.2) is 0 Å². The van der Waals surface area contributed by atoms with E-state index in [-0.39, 0.29) is 11.9 Å². The van der Waals surface area contributed by atoms with Gasteiger partial charge in [-0.1, -0.05) is 22.0 Å². The van der Waals surface area contributed by atoms with Crippen LogP contribution in [0.15, 0.2) is 24.3 Å². The molecule has 1 rings (SSSR count). The molecule has 4 nitrogen and oxygen atoms in total. The van der Waals surface area contributed by atoms with Gasteiger partial charge in [0.1, 0.15) is 0 Å². The summed E-state index contributed by atoms with van der Waals surface area (Å²) in [4.78, 5) is 11.9. The zero-order valence-electron chi connectivity index (χ0n) is 9.44. The molecule has 90 valence electrons. The molecule has 5 heteroatoms. The Hall–Kier alpha value is -1.38. The van der Waals surface area contributed by atoms with Gasteiger partial charge in [0.15, 0.2) is 0 Å². The molecule has 1 unspecified atom stereocenters. The monoisotopic (exact) mass is 296 g/mol. The number of alkyl halides is 1. The molecule has 1 amide bonds. The second kappa shape index (κ2) is 7.05. The van der Waals surface area contributed by atoms with Gasteiger partial charge >= 0.3 is 0 Å². The van der Waals surface area contributed by atoms with E-state index >= 15 is 0 Å². The Morgan fingerprint density at radius 2 is 2.41 bits per heavy atom. The first-order chi connectivity index (χ1) is 8.21. The number of nitriles is 1. The number of nitrogens with one attached hydrogen (secondary N) is 1. The smallest absolute Gasteiger partial charge is 0.251 e. The van der Waals surface area contributed by atoms with Gasteiger partial charge in [0.2, 0.25) is 0 Å². The van der Waals surface area contributed by atoms with Crippen LogP contribution in [0.5, 0.6) is 0 Å². The van der Waals surface area contributed by atoms with Crippen molar-refractivity contribution in [3.8, 4) is 6.07 Å². The van der Waals surface area contributed by atoms with Crippen molar-refractivity contribution < 1.29 is 9.53 Å². The van der Waals surface area contributed by atoms with Gasteiger partial charge in [0, 0.05) is 18.0 Å². The predicted molar refractivity (Wildman–Crippen MR) is 68.1 cm³/mol. The van der Waals surface area contributed by atoms with E-state index < -0.39 is 0 Å². The van der Waals surface area contributed by atoms with Crippen molar-refractivity contribution in [1.29, 1.82) is 5.26 Å². The average molecular weight is 297 g/mol. The molecule has 1 N–H and O–H groups in total. The summed E-state index contributed by atoms with van der Waals surface area (Å²) in [6.45, 7) is 0.439. The summed E-state index contributed by atoms with van der Waals surface area (Å²) in [5, 5.41) is 12.2. The molecule has 1 atom stereocenters. The molecule has 0 radical (unpaired) electrons. The second-order valence-corrected chi connectivity index (χ2v) is 4.12. The highest BCUT2D eigenvalue weighted by atomic mass is 79.9. The molecule has 0 aliphatic carbocycles. The fourth-order valence-electron chi connectivity index (χ4n) is 1.32. The Labute approximate surface area is 109 Å². The number of methoxy groups -OCH3 is 1. The molecule has 0 aromatic heterocycles. The Morgan fingerprint density at radius 3 is 3.00 bits per heavy atom. The normalized spacial score (nSPS) is 11.6. The molecular formula is C12H13BrN2O2. The van der Waals surface area contributed by atoms with E-state index in [0.717, 1.165) is 0 Å². The summed E-state index contributed by atoms with van der Waals surface area (Å²) < 4.78 is 4.98. The highest BCUT2D eigenvalue weighted by molar-refractivity contribution is 9.09. The molecule has 0 heterocycles. The van der Waals surface area contributed by atoms with Gasteiger partial charge in [0.05, 0.1) is 24.3 Å². The van der Waals surface area contributed by atoms with E-state index in [1.54, 1.807) is 31.4 Å². The van der Waals surface area contributed by atoms with Crippen LogP contribution in [-0.2, 0) is 4.74 Å². The lowest BCUT2D eigenvalue weighted by molar-refractivity contribution is 0.0908. The molecule has 0 spiro atoms. The molecule has 17 heavy (non-hydrogen) atoms. The number of nitrogens with zero attached hydrogens (tertiary/aromatic N) is 1. The van der Waals surface area contributed by atoms with Gasteiger partial charge in [-0.15, -0.1) is 0 Å². The fourth-order valence-corrected chi connectivity index (χ4v) is 1.67. The van der Waals surface area contributed by atoms with E-state index in [2.05, 4.69) is 21.2 Å². The Morgan fingerprint density at radius 1 is 1.65 bits per heavy atom. The quantitative estimate of drug-likeness (QED) is 0.841. The first kappa shape index (κ1) is 13.7. The van der Waals surface area contributed by atoms with Crippen molar-refractivity contribution in [2.75, 3.05) is 19.0 Å². The molecule has 0 aliphatic rings. The Balaban J connectivity index is 2.72. The SMILES string of the molecule is COCC(CBr)NC(=O)c1cccc(C#N)c1. The number of halogens is 1. The van der Waals surface area contributed by atoms with E-state index in [4.69, 9.17) is 10.00 Å². The highest BCUT2D eigenvalue weighted by Crippen LogP contribution is 2.05. The molecule has 1 aromatic rings. The molecule has 0 saturated heterocycles. The number of hydrogen-bond acceptors (Lipinski definition) is 3. The number of carbonyl (C=O) groups is 1. The third-order valence-corrected chi connectivity index (χ3v) is 2.92. The topological polar surface area (TPSA) is 62.1 Å². The number of rotatable bonds is 5. The maximum Gasteiger partial charge on any atom is 0.251 e. The van der Waals surface area contributed by atoms with Crippen LogP contribution in [0.4, 0.5) is 0 Å². The number of carbonyl (C=O) groups excluding carboxylic acids is 1. The average Bonchev–Trinajstić information content (AvgIpc) is 2.38. The van der Waals surface area contributed by atoms with Crippen molar-refractivity contribution in [2.45, 2.75) is 6.04 Å². The molecule has 0 saturated carbocycles. The van der Waals surface area contributed by atoms with Gasteiger partial charge in [-0.3, -0.25) is 4.79 Å². The van der Waals surface area contributed by atoms with Crippen molar-refractivity contribution >= 4 is 21.8 Å². The molecule has 1 aromatic carbocycles. The lowest BCUT2D eigenvalue weighted by Crippen LogP contribution is -2.39. The van der Waals surface area contributed by atoms with E-state index in [1.807, 2.05) is 6.07 Å². The van der Waals surface area contributed by atoms with Crippen LogP contribution in [-0.4, -0.2) is 31.0 Å². The van der Waals surface area contributed by atoms with Crippen molar-refractivity contribution in [3.05, 3.63) is 35.4 Å². The van der Waals surface area contributed by atoms with Gasteiger partial charge < -0.3 is 10.1 Å². The number of amides is 1. The van der Waals surface area contributed by atoms with Crippen LogP contribution in [0, 0.1) is 11.3 Å². The van der Waals surface area contributed by atoms with Crippen molar-refractivity contribution in [3.63, 3.8) is 0 Å². The van der Waals surface area contributed by atoms with Crippen LogP contribution >= 0.6 is 15.9 Å². The lowest BCUT2D eigenvalue weighted by atomic mass is 10.1. The molecule has 0 bridgehead atoms. The number of hydrogen-bond donors (Lipinski definition) is 1. The largest absolute Gasteiger partial charge is 0.383 e. The van der Waals surface area contributed by atoms with E-state index in [0.29, 0.717) is 23.1 Å². The maximum absolute atomic E-state index is 11.9. The summed E-state index contributed by atoms with van der Waals surface area (Å²) in [7, 11) is 1.58. The van der Waals surface area contributed by atoms with E-state index in [1.165, 1.54) is 0 Å².